The van der Waals surface area contributed by atoms with E-state index in [1.165, 1.54) is 12.1 Å². The minimum Gasteiger partial charge on any atom is -0.360 e. The number of fused-ring (bicyclic) bond motifs is 1. The van der Waals surface area contributed by atoms with E-state index in [0.29, 0.717) is 31.9 Å². The second-order valence-corrected chi connectivity index (χ2v) is 7.26. The summed E-state index contributed by atoms with van der Waals surface area (Å²) in [7, 11) is 0. The molecule has 0 N–H and O–H groups in total. The summed E-state index contributed by atoms with van der Waals surface area (Å²) >= 11 is 5.99. The maximum Gasteiger partial charge on any atom is 0.276 e. The first-order chi connectivity index (χ1) is 13.0. The summed E-state index contributed by atoms with van der Waals surface area (Å²) in [6, 6.07) is 3.73. The van der Waals surface area contributed by atoms with Crippen LogP contribution in [0.15, 0.2) is 22.7 Å². The first-order valence-corrected chi connectivity index (χ1v) is 9.43. The number of hydrogen-bond acceptors (Lipinski definition) is 4. The molecule has 2 aliphatic rings. The molecule has 1 fully saturated rings. The van der Waals surface area contributed by atoms with E-state index in [2.05, 4.69) is 5.16 Å². The molecule has 0 bridgehead atoms. The van der Waals surface area contributed by atoms with Gasteiger partial charge in [0.15, 0.2) is 5.69 Å². The number of halogens is 2. The van der Waals surface area contributed by atoms with Crippen molar-refractivity contribution in [3.05, 3.63) is 51.6 Å². The number of nitrogens with zero attached hydrogens (tertiary/aromatic N) is 3. The van der Waals surface area contributed by atoms with Gasteiger partial charge in [-0.2, -0.15) is 0 Å². The van der Waals surface area contributed by atoms with E-state index in [0.717, 1.165) is 43.1 Å². The molecule has 142 valence electrons. The first-order valence-electron chi connectivity index (χ1n) is 9.05. The van der Waals surface area contributed by atoms with Crippen molar-refractivity contribution in [3.63, 3.8) is 0 Å². The van der Waals surface area contributed by atoms with Gasteiger partial charge in [0, 0.05) is 38.2 Å². The van der Waals surface area contributed by atoms with Crippen molar-refractivity contribution < 1.29 is 18.5 Å². The number of hydrogen-bond donors (Lipinski definition) is 0. The van der Waals surface area contributed by atoms with Crippen LogP contribution in [-0.2, 0) is 12.8 Å². The normalized spacial score (nSPS) is 17.0. The third-order valence-corrected chi connectivity index (χ3v) is 5.48. The lowest BCUT2D eigenvalue weighted by molar-refractivity contribution is 0.0529. The molecule has 2 aromatic rings. The smallest absolute Gasteiger partial charge is 0.276 e. The molecule has 1 aliphatic heterocycles. The molecule has 1 saturated heterocycles. The van der Waals surface area contributed by atoms with Crippen LogP contribution in [0.25, 0.3) is 0 Å². The molecule has 0 atom stereocenters. The minimum absolute atomic E-state index is 0.0905. The fourth-order valence-electron chi connectivity index (χ4n) is 3.65. The molecule has 2 amide bonds. The number of piperazine rings is 1. The van der Waals surface area contributed by atoms with Crippen molar-refractivity contribution >= 4 is 23.4 Å². The van der Waals surface area contributed by atoms with Gasteiger partial charge < -0.3 is 14.3 Å². The Morgan fingerprint density at radius 1 is 1.04 bits per heavy atom. The average molecular weight is 392 g/mol. The topological polar surface area (TPSA) is 66.7 Å². The van der Waals surface area contributed by atoms with Gasteiger partial charge in [0.2, 0.25) is 0 Å². The number of amides is 2. The van der Waals surface area contributed by atoms with Gasteiger partial charge >= 0.3 is 0 Å². The van der Waals surface area contributed by atoms with Gasteiger partial charge in [-0.1, -0.05) is 16.8 Å². The lowest BCUT2D eigenvalue weighted by atomic mass is 9.96. The molecule has 0 spiro atoms. The molecule has 2 heterocycles. The second kappa shape index (κ2) is 7.31. The number of aryl methyl sites for hydroxylation is 1. The summed E-state index contributed by atoms with van der Waals surface area (Å²) in [5.74, 6) is -0.0630. The molecule has 6 nitrogen and oxygen atoms in total. The Kier molecular flexibility index (Phi) is 4.86. The van der Waals surface area contributed by atoms with Gasteiger partial charge in [0.05, 0.1) is 10.6 Å². The third kappa shape index (κ3) is 3.43. The Hall–Kier alpha value is -2.41. The first kappa shape index (κ1) is 18.0. The molecule has 1 aromatic carbocycles. The highest BCUT2D eigenvalue weighted by atomic mass is 35.5. The van der Waals surface area contributed by atoms with Gasteiger partial charge in [-0.25, -0.2) is 4.39 Å². The number of carbonyl (C=O) groups excluding carboxylic acids is 2. The fourth-order valence-corrected chi connectivity index (χ4v) is 3.90. The lowest BCUT2D eigenvalue weighted by Gasteiger charge is -2.34. The highest BCUT2D eigenvalue weighted by Gasteiger charge is 2.31. The summed E-state index contributed by atoms with van der Waals surface area (Å²) in [4.78, 5) is 28.7. The Balaban J connectivity index is 1.42. The van der Waals surface area contributed by atoms with Gasteiger partial charge in [-0.3, -0.25) is 9.59 Å². The third-order valence-electron chi connectivity index (χ3n) is 5.17. The highest BCUT2D eigenvalue weighted by molar-refractivity contribution is 6.33. The number of aromatic nitrogens is 1. The van der Waals surface area contributed by atoms with Gasteiger partial charge in [0.1, 0.15) is 11.6 Å². The quantitative estimate of drug-likeness (QED) is 0.789. The van der Waals surface area contributed by atoms with Gasteiger partial charge in [0.25, 0.3) is 11.8 Å². The molecule has 1 aliphatic carbocycles. The molecule has 4 rings (SSSR count). The van der Waals surface area contributed by atoms with E-state index in [1.807, 2.05) is 0 Å². The molecule has 0 radical (unpaired) electrons. The fraction of sp³-hybridized carbons (Fsp3) is 0.421. The maximum atomic E-state index is 13.2. The van der Waals surface area contributed by atoms with Crippen LogP contribution < -0.4 is 0 Å². The predicted molar refractivity (Wildman–Crippen MR) is 96.4 cm³/mol. The van der Waals surface area contributed by atoms with E-state index >= 15 is 0 Å². The Bertz CT molecular complexity index is 890. The van der Waals surface area contributed by atoms with Crippen molar-refractivity contribution in [2.75, 3.05) is 26.2 Å². The van der Waals surface area contributed by atoms with Crippen LogP contribution in [0.4, 0.5) is 4.39 Å². The van der Waals surface area contributed by atoms with Crippen molar-refractivity contribution in [1.82, 2.24) is 15.0 Å². The molecular weight excluding hydrogens is 373 g/mol. The summed E-state index contributed by atoms with van der Waals surface area (Å²) in [5, 5.41) is 4.09. The molecule has 27 heavy (non-hydrogen) atoms. The monoisotopic (exact) mass is 391 g/mol. The van der Waals surface area contributed by atoms with Gasteiger partial charge in [-0.15, -0.1) is 0 Å². The largest absolute Gasteiger partial charge is 0.360 e. The Morgan fingerprint density at radius 3 is 2.41 bits per heavy atom. The van der Waals surface area contributed by atoms with Crippen LogP contribution in [0.1, 0.15) is 45.0 Å². The van der Waals surface area contributed by atoms with E-state index in [-0.39, 0.29) is 22.4 Å². The zero-order valence-corrected chi connectivity index (χ0v) is 15.5. The summed E-state index contributed by atoms with van der Waals surface area (Å²) in [6.45, 7) is 1.59. The summed E-state index contributed by atoms with van der Waals surface area (Å²) in [6.07, 6.45) is 3.75. The van der Waals surface area contributed by atoms with Crippen molar-refractivity contribution in [3.8, 4) is 0 Å². The van der Waals surface area contributed by atoms with E-state index < -0.39 is 5.82 Å². The molecule has 1 aromatic heterocycles. The van der Waals surface area contributed by atoms with E-state index in [1.54, 1.807) is 9.80 Å². The number of carbonyl (C=O) groups is 2. The van der Waals surface area contributed by atoms with Crippen LogP contribution in [0.3, 0.4) is 0 Å². The SMILES string of the molecule is O=C(c1ccc(F)cc1Cl)N1CCN(C(=O)c2noc3c2CCCC3)CC1. The van der Waals surface area contributed by atoms with Crippen LogP contribution in [0.2, 0.25) is 5.02 Å². The second-order valence-electron chi connectivity index (χ2n) is 6.85. The predicted octanol–water partition coefficient (Wildman–Crippen LogP) is 2.94. The highest BCUT2D eigenvalue weighted by Crippen LogP contribution is 2.26. The Morgan fingerprint density at radius 2 is 1.70 bits per heavy atom. The van der Waals surface area contributed by atoms with Crippen LogP contribution in [0, 0.1) is 5.82 Å². The van der Waals surface area contributed by atoms with Crippen molar-refractivity contribution in [2.24, 2.45) is 0 Å². The number of benzene rings is 1. The van der Waals surface area contributed by atoms with Crippen molar-refractivity contribution in [2.45, 2.75) is 25.7 Å². The maximum absolute atomic E-state index is 13.2. The van der Waals surface area contributed by atoms with Crippen molar-refractivity contribution in [1.29, 1.82) is 0 Å². The summed E-state index contributed by atoms with van der Waals surface area (Å²) in [5.41, 5.74) is 1.61. The zero-order valence-electron chi connectivity index (χ0n) is 14.7. The molecule has 8 heteroatoms. The van der Waals surface area contributed by atoms with E-state index in [4.69, 9.17) is 16.1 Å². The lowest BCUT2D eigenvalue weighted by Crippen LogP contribution is -2.50. The molecule has 0 unspecified atom stereocenters. The van der Waals surface area contributed by atoms with E-state index in [9.17, 15) is 14.0 Å². The number of rotatable bonds is 2. The van der Waals surface area contributed by atoms with Gasteiger partial charge in [-0.05, 0) is 37.5 Å². The minimum atomic E-state index is -0.483. The average Bonchev–Trinajstić information content (AvgIpc) is 3.11. The standard InChI is InChI=1S/C19H19ClFN3O3/c20-15-11-12(21)5-6-13(15)18(25)23-7-9-24(10-8-23)19(26)17-14-3-1-2-4-16(14)27-22-17/h5-6,11H,1-4,7-10H2. The van der Waals surface area contributed by atoms with Crippen LogP contribution in [0.5, 0.6) is 0 Å². The van der Waals surface area contributed by atoms with Crippen LogP contribution >= 0.6 is 11.6 Å². The zero-order chi connectivity index (χ0) is 19.0. The Labute approximate surface area is 160 Å². The summed E-state index contributed by atoms with van der Waals surface area (Å²) < 4.78 is 18.5. The van der Waals surface area contributed by atoms with Crippen LogP contribution in [-0.4, -0.2) is 52.9 Å². The molecular formula is C19H19ClFN3O3. The molecule has 0 saturated carbocycles.